The van der Waals surface area contributed by atoms with Crippen LogP contribution < -0.4 is 14.6 Å². The Kier molecular flexibility index (Phi) is 6.20. The molecule has 2 aliphatic heterocycles. The van der Waals surface area contributed by atoms with Gasteiger partial charge in [0.25, 0.3) is 11.6 Å². The summed E-state index contributed by atoms with van der Waals surface area (Å²) in [5.41, 5.74) is 2.02. The third kappa shape index (κ3) is 4.08. The summed E-state index contributed by atoms with van der Waals surface area (Å²) in [7, 11) is 0. The number of imide groups is 1. The molecule has 2 atom stereocenters. The van der Waals surface area contributed by atoms with Gasteiger partial charge in [-0.3, -0.25) is 24.7 Å². The van der Waals surface area contributed by atoms with E-state index in [0.717, 1.165) is 12.8 Å². The highest BCUT2D eigenvalue weighted by atomic mass is 16.6. The van der Waals surface area contributed by atoms with E-state index in [1.165, 1.54) is 17.0 Å². The van der Waals surface area contributed by atoms with Gasteiger partial charge >= 0.3 is 0 Å². The first kappa shape index (κ1) is 23.2. The van der Waals surface area contributed by atoms with Crippen LogP contribution in [0.3, 0.4) is 0 Å². The molecule has 0 spiro atoms. The number of unbranched alkanes of at least 4 members (excludes halogenated alkanes) is 1. The van der Waals surface area contributed by atoms with Crippen molar-refractivity contribution in [2.45, 2.75) is 25.8 Å². The summed E-state index contributed by atoms with van der Waals surface area (Å²) in [5.74, 6) is -0.945. The van der Waals surface area contributed by atoms with Crippen molar-refractivity contribution in [3.8, 4) is 5.75 Å². The molecule has 2 heterocycles. The molecule has 5 rings (SSSR count). The van der Waals surface area contributed by atoms with Gasteiger partial charge in [-0.25, -0.2) is 4.90 Å². The zero-order valence-corrected chi connectivity index (χ0v) is 19.6. The topological polar surface area (TPSA) is 105 Å². The number of hydrogen-bond donors (Lipinski definition) is 0. The number of carbonyl (C=O) groups is 2. The molecule has 1 fully saturated rings. The molecule has 0 N–H and O–H groups in total. The number of hydrogen-bond acceptors (Lipinski definition) is 7. The van der Waals surface area contributed by atoms with Crippen LogP contribution >= 0.6 is 0 Å². The van der Waals surface area contributed by atoms with E-state index in [-0.39, 0.29) is 17.5 Å². The van der Waals surface area contributed by atoms with Gasteiger partial charge in [-0.05, 0) is 60.5 Å². The monoisotopic (exact) mass is 484 g/mol. The third-order valence-electron chi connectivity index (χ3n) is 6.31. The van der Waals surface area contributed by atoms with E-state index >= 15 is 0 Å². The summed E-state index contributed by atoms with van der Waals surface area (Å²) in [6.45, 7) is 2.68. The third-order valence-corrected chi connectivity index (χ3v) is 6.31. The number of rotatable bonds is 8. The van der Waals surface area contributed by atoms with Crippen molar-refractivity contribution in [3.63, 3.8) is 0 Å². The molecule has 2 aliphatic rings. The van der Waals surface area contributed by atoms with Crippen LogP contribution in [-0.4, -0.2) is 35.1 Å². The molecule has 0 saturated carbocycles. The van der Waals surface area contributed by atoms with E-state index in [1.807, 2.05) is 30.3 Å². The zero-order valence-electron chi connectivity index (χ0n) is 19.6. The lowest BCUT2D eigenvalue weighted by Gasteiger charge is -2.22. The second-order valence-corrected chi connectivity index (χ2v) is 8.60. The lowest BCUT2D eigenvalue weighted by Crippen LogP contribution is -2.39. The first-order chi connectivity index (χ1) is 17.5. The van der Waals surface area contributed by atoms with Gasteiger partial charge in [0.1, 0.15) is 17.7 Å². The number of nitrogens with zero attached hydrogens (tertiary/aromatic N) is 4. The molecular formula is C27H24N4O5. The Morgan fingerprint density at radius 1 is 0.917 bits per heavy atom. The van der Waals surface area contributed by atoms with Crippen molar-refractivity contribution >= 4 is 34.6 Å². The Morgan fingerprint density at radius 3 is 2.25 bits per heavy atom. The van der Waals surface area contributed by atoms with Gasteiger partial charge in [-0.15, -0.1) is 0 Å². The Balaban J connectivity index is 1.50. The molecule has 0 aliphatic carbocycles. The van der Waals surface area contributed by atoms with E-state index in [4.69, 9.17) is 4.74 Å². The van der Waals surface area contributed by atoms with Crippen molar-refractivity contribution in [1.29, 1.82) is 0 Å². The van der Waals surface area contributed by atoms with E-state index in [2.05, 4.69) is 12.0 Å². The van der Waals surface area contributed by atoms with E-state index < -0.39 is 16.9 Å². The fourth-order valence-electron chi connectivity index (χ4n) is 4.48. The minimum absolute atomic E-state index is 0.0643. The Hall–Kier alpha value is -4.53. The largest absolute Gasteiger partial charge is 0.494 e. The normalized spacial score (nSPS) is 18.9. The van der Waals surface area contributed by atoms with Crippen LogP contribution in [0.5, 0.6) is 5.75 Å². The van der Waals surface area contributed by atoms with Crippen molar-refractivity contribution in [1.82, 2.24) is 0 Å². The van der Waals surface area contributed by atoms with Crippen molar-refractivity contribution in [2.24, 2.45) is 11.0 Å². The Morgan fingerprint density at radius 2 is 1.61 bits per heavy atom. The molecule has 182 valence electrons. The van der Waals surface area contributed by atoms with Crippen molar-refractivity contribution in [3.05, 3.63) is 94.5 Å². The van der Waals surface area contributed by atoms with E-state index in [0.29, 0.717) is 35.0 Å². The van der Waals surface area contributed by atoms with Crippen LogP contribution in [0.1, 0.15) is 25.3 Å². The molecule has 2 amide bonds. The number of fused-ring (bicyclic) bond motifs is 1. The minimum Gasteiger partial charge on any atom is -0.494 e. The van der Waals surface area contributed by atoms with Crippen LogP contribution in [0.2, 0.25) is 0 Å². The van der Waals surface area contributed by atoms with Gasteiger partial charge in [-0.1, -0.05) is 31.5 Å². The first-order valence-corrected chi connectivity index (χ1v) is 11.8. The van der Waals surface area contributed by atoms with E-state index in [9.17, 15) is 19.7 Å². The highest BCUT2D eigenvalue weighted by molar-refractivity contribution is 6.34. The molecule has 3 aromatic carbocycles. The molecule has 0 bridgehead atoms. The number of hydrazone groups is 1. The number of nitro benzene ring substituents is 1. The lowest BCUT2D eigenvalue weighted by molar-refractivity contribution is -0.384. The van der Waals surface area contributed by atoms with Gasteiger partial charge in [0.05, 0.1) is 28.6 Å². The number of amides is 2. The number of non-ortho nitro benzene ring substituents is 1. The van der Waals surface area contributed by atoms with Crippen LogP contribution in [0.15, 0.2) is 84.0 Å². The first-order valence-electron chi connectivity index (χ1n) is 11.8. The molecule has 36 heavy (non-hydrogen) atoms. The maximum Gasteiger partial charge on any atom is 0.269 e. The molecule has 1 saturated heterocycles. The summed E-state index contributed by atoms with van der Waals surface area (Å²) in [6.07, 6.45) is 1.96. The van der Waals surface area contributed by atoms with Crippen LogP contribution in [0.25, 0.3) is 0 Å². The molecular weight excluding hydrogens is 460 g/mol. The fourth-order valence-corrected chi connectivity index (χ4v) is 4.48. The quantitative estimate of drug-likeness (QED) is 0.201. The zero-order chi connectivity index (χ0) is 25.2. The predicted molar refractivity (Wildman–Crippen MR) is 135 cm³/mol. The number of para-hydroxylation sites is 1. The minimum atomic E-state index is -0.856. The van der Waals surface area contributed by atoms with Gasteiger partial charge in [0.2, 0.25) is 5.91 Å². The molecule has 0 unspecified atom stereocenters. The molecule has 3 aromatic rings. The number of nitro groups is 1. The second kappa shape index (κ2) is 9.61. The fraction of sp³-hybridized carbons (Fsp3) is 0.222. The summed E-state index contributed by atoms with van der Waals surface area (Å²) < 4.78 is 5.70. The Labute approximate surface area is 207 Å². The lowest BCUT2D eigenvalue weighted by atomic mass is 9.92. The molecule has 9 nitrogen and oxygen atoms in total. The maximum absolute atomic E-state index is 13.7. The van der Waals surface area contributed by atoms with Gasteiger partial charge < -0.3 is 4.74 Å². The van der Waals surface area contributed by atoms with Gasteiger partial charge in [0.15, 0.2) is 0 Å². The van der Waals surface area contributed by atoms with Gasteiger partial charge in [0, 0.05) is 12.1 Å². The Bertz CT molecular complexity index is 1320. The average Bonchev–Trinajstić information content (AvgIpc) is 3.42. The smallest absolute Gasteiger partial charge is 0.269 e. The van der Waals surface area contributed by atoms with E-state index in [1.54, 1.807) is 41.4 Å². The highest BCUT2D eigenvalue weighted by Gasteiger charge is 2.57. The summed E-state index contributed by atoms with van der Waals surface area (Å²) in [6, 6.07) is 21.1. The number of benzene rings is 3. The molecule has 0 aromatic heterocycles. The van der Waals surface area contributed by atoms with Gasteiger partial charge in [-0.2, -0.15) is 5.10 Å². The van der Waals surface area contributed by atoms with Crippen LogP contribution in [0.4, 0.5) is 17.1 Å². The number of anilines is 2. The average molecular weight is 485 g/mol. The summed E-state index contributed by atoms with van der Waals surface area (Å²) in [5, 5.41) is 17.3. The highest BCUT2D eigenvalue weighted by Crippen LogP contribution is 2.39. The van der Waals surface area contributed by atoms with Crippen molar-refractivity contribution in [2.75, 3.05) is 16.5 Å². The number of ether oxygens (including phenoxy) is 1. The number of carbonyl (C=O) groups excluding carboxylic acids is 2. The summed E-state index contributed by atoms with van der Waals surface area (Å²) >= 11 is 0. The van der Waals surface area contributed by atoms with Crippen LogP contribution in [0, 0.1) is 16.0 Å². The standard InChI is InChI=1S/C27H24N4O5/c1-2-3-17-36-22-15-13-19(14-16-22)29-26(32)23-24(18-9-11-21(12-10-18)31(34)35)28-30(25(23)27(29)33)20-7-5-4-6-8-20/h4-16,23,25H,2-3,17H2,1H3/t23-,25+/m1/s1. The molecule has 9 heteroatoms. The second-order valence-electron chi connectivity index (χ2n) is 8.60. The maximum atomic E-state index is 13.7. The molecule has 0 radical (unpaired) electrons. The van der Waals surface area contributed by atoms with Crippen molar-refractivity contribution < 1.29 is 19.2 Å². The predicted octanol–water partition coefficient (Wildman–Crippen LogP) is 4.56. The summed E-state index contributed by atoms with van der Waals surface area (Å²) in [4.78, 5) is 39.2. The SMILES string of the molecule is CCCCOc1ccc(N2C(=O)[C@@H]3C(c4ccc([N+](=O)[O-])cc4)=NN(c4ccccc4)[C@@H]3C2=O)cc1. The van der Waals surface area contributed by atoms with Crippen LogP contribution in [-0.2, 0) is 9.59 Å².